The minimum Gasteiger partial charge on any atom is -0.663 e. The fourth-order valence-electron chi connectivity index (χ4n) is 1.70. The maximum atomic E-state index is 3.97. The summed E-state index contributed by atoms with van der Waals surface area (Å²) < 4.78 is 0. The Kier molecular flexibility index (Phi) is 42.0. The third-order valence-corrected chi connectivity index (χ3v) is 2.74. The molecule has 0 aromatic heterocycles. The van der Waals surface area contributed by atoms with Gasteiger partial charge < -0.3 is 16.0 Å². The van der Waals surface area contributed by atoms with Crippen LogP contribution in [0.5, 0.6) is 0 Å². The molecule has 1 aliphatic rings. The molecule has 1 aliphatic carbocycles. The summed E-state index contributed by atoms with van der Waals surface area (Å²) in [6, 6.07) is 0. The van der Waals surface area contributed by atoms with Gasteiger partial charge in [0.25, 0.3) is 0 Å². The van der Waals surface area contributed by atoms with Crippen LogP contribution in [0.2, 0.25) is 0 Å². The zero-order valence-corrected chi connectivity index (χ0v) is 21.8. The predicted molar refractivity (Wildman–Crippen MR) is 113 cm³/mol. The molecule has 0 saturated carbocycles. The van der Waals surface area contributed by atoms with E-state index in [4.69, 9.17) is 0 Å². The van der Waals surface area contributed by atoms with Gasteiger partial charge in [0, 0.05) is 0 Å². The van der Waals surface area contributed by atoms with Gasteiger partial charge in [-0.25, -0.2) is 11.6 Å². The van der Waals surface area contributed by atoms with Crippen LogP contribution >= 0.6 is 0 Å². The van der Waals surface area contributed by atoms with E-state index in [0.717, 1.165) is 51.6 Å². The van der Waals surface area contributed by atoms with Gasteiger partial charge in [-0.15, -0.1) is 6.42 Å². The first-order chi connectivity index (χ1) is 11.5. The van der Waals surface area contributed by atoms with E-state index < -0.39 is 0 Å². The molecule has 0 aromatic carbocycles. The molecule has 0 aromatic rings. The molecule has 146 valence electrons. The molecule has 0 spiro atoms. The van der Waals surface area contributed by atoms with Crippen LogP contribution in [0, 0.1) is 12.0 Å². The van der Waals surface area contributed by atoms with Crippen molar-refractivity contribution in [1.82, 2.24) is 0 Å². The van der Waals surface area contributed by atoms with E-state index >= 15 is 0 Å². The molecule has 0 bridgehead atoms. The molecule has 0 aliphatic heterocycles. The summed E-state index contributed by atoms with van der Waals surface area (Å²) in [4.78, 5) is 0. The van der Waals surface area contributed by atoms with Gasteiger partial charge in [-0.2, -0.15) is 45.3 Å². The first-order valence-corrected chi connectivity index (χ1v) is 9.69. The van der Waals surface area contributed by atoms with E-state index in [-0.39, 0.29) is 25.8 Å². The summed E-state index contributed by atoms with van der Waals surface area (Å²) in [7, 11) is 0. The molecule has 4 heteroatoms. The van der Waals surface area contributed by atoms with Crippen molar-refractivity contribution in [1.29, 1.82) is 0 Å². The Bertz CT molecular complexity index is 244. The van der Waals surface area contributed by atoms with Gasteiger partial charge in [0.2, 0.25) is 0 Å². The number of allylic oxidation sites excluding steroid dienone is 4. The molecular weight excluding hydrogens is 473 g/mol. The Morgan fingerprint density at radius 3 is 1.32 bits per heavy atom. The zero-order chi connectivity index (χ0) is 19.1. The SMILES string of the molecule is CC(C)CC1=[C-]CC=C1.CC[N-]CC.CC[N-]CC.CC[N-]CC.[Hf+4]. The molecule has 3 nitrogen and oxygen atoms in total. The standard InChI is InChI=1S/C9H13.3C4H10N.Hf/c1-8(2)7-9-5-3-4-6-9;3*1-3-5-4-2;/h3,5,8H,4,7H2,1-2H3;3*3-4H2,1-2H3;/q4*-1;+4. The number of rotatable bonds is 8. The van der Waals surface area contributed by atoms with Crippen LogP contribution in [0.3, 0.4) is 0 Å². The molecule has 0 saturated heterocycles. The molecule has 0 amide bonds. The molecule has 0 N–H and O–H groups in total. The number of nitrogens with zero attached hydrogens (tertiary/aromatic N) is 3. The number of hydrogen-bond acceptors (Lipinski definition) is 0. The largest absolute Gasteiger partial charge is 4.00 e. The van der Waals surface area contributed by atoms with E-state index in [1.807, 2.05) is 41.5 Å². The molecule has 1 rings (SSSR count). The molecule has 0 heterocycles. The normalized spacial score (nSPS) is 11.2. The fraction of sp³-hybridized carbons (Fsp3) is 0.810. The first kappa shape index (κ1) is 32.9. The van der Waals surface area contributed by atoms with E-state index in [1.165, 1.54) is 12.0 Å². The third kappa shape index (κ3) is 40.3. The van der Waals surface area contributed by atoms with Crippen molar-refractivity contribution < 1.29 is 25.8 Å². The van der Waals surface area contributed by atoms with Gasteiger partial charge in [0.1, 0.15) is 0 Å². The Morgan fingerprint density at radius 2 is 1.16 bits per heavy atom. The second kappa shape index (κ2) is 31.9. The van der Waals surface area contributed by atoms with Crippen LogP contribution in [0.15, 0.2) is 17.7 Å². The average molecular weight is 516 g/mol. The van der Waals surface area contributed by atoms with E-state index in [9.17, 15) is 0 Å². The minimum atomic E-state index is 0. The molecule has 0 radical (unpaired) electrons. The Labute approximate surface area is 178 Å². The van der Waals surface area contributed by atoms with Gasteiger partial charge in [0.15, 0.2) is 0 Å². The molecule has 0 atom stereocenters. The van der Waals surface area contributed by atoms with E-state index in [0.29, 0.717) is 0 Å². The molecule has 25 heavy (non-hydrogen) atoms. The topological polar surface area (TPSA) is 42.3 Å². The van der Waals surface area contributed by atoms with Gasteiger partial charge in [-0.05, 0) is 5.92 Å². The van der Waals surface area contributed by atoms with Crippen LogP contribution in [0.25, 0.3) is 16.0 Å². The Hall–Kier alpha value is 0.230. The summed E-state index contributed by atoms with van der Waals surface area (Å²) in [5.74, 6) is 0.773. The van der Waals surface area contributed by atoms with Crippen molar-refractivity contribution >= 4 is 0 Å². The van der Waals surface area contributed by atoms with Crippen LogP contribution in [-0.4, -0.2) is 39.3 Å². The first-order valence-electron chi connectivity index (χ1n) is 9.69. The summed E-state index contributed by atoms with van der Waals surface area (Å²) in [6.07, 6.45) is 9.86. The van der Waals surface area contributed by atoms with Crippen molar-refractivity contribution in [3.8, 4) is 0 Å². The van der Waals surface area contributed by atoms with Crippen molar-refractivity contribution in [2.75, 3.05) is 39.3 Å². The smallest absolute Gasteiger partial charge is 0.663 e. The maximum Gasteiger partial charge on any atom is 4.00 e. The van der Waals surface area contributed by atoms with Crippen LogP contribution in [-0.2, 0) is 25.8 Å². The molecular formula is C21H43HfN3. The summed E-state index contributed by atoms with van der Waals surface area (Å²) in [5, 5.41) is 11.9. The van der Waals surface area contributed by atoms with Crippen molar-refractivity contribution in [2.24, 2.45) is 5.92 Å². The van der Waals surface area contributed by atoms with Crippen molar-refractivity contribution in [3.05, 3.63) is 39.8 Å². The van der Waals surface area contributed by atoms with Crippen LogP contribution in [0.1, 0.15) is 68.2 Å². The third-order valence-electron chi connectivity index (χ3n) is 2.74. The monoisotopic (exact) mass is 517 g/mol. The molecule has 0 fully saturated rings. The second-order valence-electron chi connectivity index (χ2n) is 5.47. The van der Waals surface area contributed by atoms with E-state index in [1.54, 1.807) is 0 Å². The predicted octanol–water partition coefficient (Wildman–Crippen LogP) is 6.92. The maximum absolute atomic E-state index is 3.97. The van der Waals surface area contributed by atoms with E-state index in [2.05, 4.69) is 48.0 Å². The fourth-order valence-corrected chi connectivity index (χ4v) is 1.70. The molecule has 0 unspecified atom stereocenters. The van der Waals surface area contributed by atoms with Crippen molar-refractivity contribution in [2.45, 2.75) is 68.2 Å². The van der Waals surface area contributed by atoms with Gasteiger partial charge in [-0.1, -0.05) is 61.8 Å². The Morgan fingerprint density at radius 1 is 0.800 bits per heavy atom. The quantitative estimate of drug-likeness (QED) is 0.249. The summed E-state index contributed by atoms with van der Waals surface area (Å²) >= 11 is 0. The zero-order valence-electron chi connectivity index (χ0n) is 18.2. The summed E-state index contributed by atoms with van der Waals surface area (Å²) in [5.41, 5.74) is 1.39. The van der Waals surface area contributed by atoms with Crippen LogP contribution in [0.4, 0.5) is 0 Å². The van der Waals surface area contributed by atoms with Gasteiger partial charge in [0.05, 0.1) is 0 Å². The summed E-state index contributed by atoms with van der Waals surface area (Å²) in [6.45, 7) is 22.6. The van der Waals surface area contributed by atoms with Crippen molar-refractivity contribution in [3.63, 3.8) is 0 Å². The Balaban J connectivity index is -0.000000122. The van der Waals surface area contributed by atoms with Gasteiger partial charge in [-0.3, -0.25) is 6.08 Å². The minimum absolute atomic E-state index is 0. The van der Waals surface area contributed by atoms with Crippen LogP contribution < -0.4 is 0 Å². The number of hydrogen-bond donors (Lipinski definition) is 0. The second-order valence-corrected chi connectivity index (χ2v) is 5.47. The average Bonchev–Trinajstić information content (AvgIpc) is 3.04. The van der Waals surface area contributed by atoms with Gasteiger partial charge >= 0.3 is 25.8 Å².